The molecule has 0 radical (unpaired) electrons. The van der Waals surface area contributed by atoms with Crippen molar-refractivity contribution < 1.29 is 10.0 Å². The third-order valence-electron chi connectivity index (χ3n) is 2.33. The van der Waals surface area contributed by atoms with Gasteiger partial charge >= 0.3 is 0 Å². The average molecular weight is 272 g/mol. The van der Waals surface area contributed by atoms with Crippen LogP contribution < -0.4 is 0 Å². The van der Waals surface area contributed by atoms with Crippen LogP contribution in [0.25, 0.3) is 0 Å². The van der Waals surface area contributed by atoms with Crippen molar-refractivity contribution >= 4 is 17.4 Å². The van der Waals surface area contributed by atoms with Gasteiger partial charge in [0.05, 0.1) is 21.5 Å². The maximum atomic E-state index is 10.9. The zero-order valence-corrected chi connectivity index (χ0v) is 10.4. The first-order valence-electron chi connectivity index (χ1n) is 5.25. The lowest BCUT2D eigenvalue weighted by Gasteiger charge is -2.04. The van der Waals surface area contributed by atoms with Gasteiger partial charge in [-0.1, -0.05) is 17.8 Å². The number of nitro benzene ring substituents is 1. The molecule has 6 heteroatoms. The van der Waals surface area contributed by atoms with Crippen LogP contribution in [0.1, 0.15) is 5.56 Å². The molecule has 0 unspecified atom stereocenters. The number of phenolic OH excluding ortho intramolecular Hbond substituents is 1. The molecule has 0 aromatic heterocycles. The van der Waals surface area contributed by atoms with Crippen LogP contribution in [0.15, 0.2) is 52.3 Å². The summed E-state index contributed by atoms with van der Waals surface area (Å²) in [4.78, 5) is 11.5. The number of rotatable bonds is 3. The average Bonchev–Trinajstić information content (AvgIpc) is 2.38. The van der Waals surface area contributed by atoms with Crippen molar-refractivity contribution in [2.45, 2.75) is 9.79 Å². The smallest absolute Gasteiger partial charge is 0.283 e. The van der Waals surface area contributed by atoms with E-state index in [-0.39, 0.29) is 11.4 Å². The predicted molar refractivity (Wildman–Crippen MR) is 70.0 cm³/mol. The maximum absolute atomic E-state index is 10.9. The van der Waals surface area contributed by atoms with E-state index in [0.717, 1.165) is 11.8 Å². The van der Waals surface area contributed by atoms with Crippen LogP contribution in [-0.2, 0) is 0 Å². The van der Waals surface area contributed by atoms with Crippen molar-refractivity contribution in [1.82, 2.24) is 0 Å². The van der Waals surface area contributed by atoms with Crippen molar-refractivity contribution in [3.05, 3.63) is 58.1 Å². The standard InChI is InChI=1S/C13H8N2O3S/c14-8-9-4-5-12(15(17)18)13(6-9)19-11-3-1-2-10(16)7-11/h1-7,16H. The minimum atomic E-state index is -0.494. The van der Waals surface area contributed by atoms with Crippen molar-refractivity contribution in [2.75, 3.05) is 0 Å². The van der Waals surface area contributed by atoms with Crippen molar-refractivity contribution in [2.24, 2.45) is 0 Å². The predicted octanol–water partition coefficient (Wildman–Crippen LogP) is 3.32. The fraction of sp³-hybridized carbons (Fsp3) is 0. The number of nitriles is 1. The summed E-state index contributed by atoms with van der Waals surface area (Å²) in [5.74, 6) is 0.0871. The fourth-order valence-corrected chi connectivity index (χ4v) is 2.50. The van der Waals surface area contributed by atoms with E-state index in [0.29, 0.717) is 15.4 Å². The minimum Gasteiger partial charge on any atom is -0.508 e. The van der Waals surface area contributed by atoms with Crippen LogP contribution in [0.2, 0.25) is 0 Å². The highest BCUT2D eigenvalue weighted by atomic mass is 32.2. The van der Waals surface area contributed by atoms with Gasteiger partial charge in [0.15, 0.2) is 0 Å². The van der Waals surface area contributed by atoms with Gasteiger partial charge in [0.1, 0.15) is 5.75 Å². The number of benzene rings is 2. The largest absolute Gasteiger partial charge is 0.508 e. The van der Waals surface area contributed by atoms with Crippen LogP contribution in [0.3, 0.4) is 0 Å². The summed E-state index contributed by atoms with van der Waals surface area (Å²) in [7, 11) is 0. The molecule has 0 heterocycles. The summed E-state index contributed by atoms with van der Waals surface area (Å²) in [5, 5.41) is 29.1. The Hall–Kier alpha value is -2.52. The summed E-state index contributed by atoms with van der Waals surface area (Å²) in [6.07, 6.45) is 0. The van der Waals surface area contributed by atoms with E-state index in [2.05, 4.69) is 0 Å². The van der Waals surface area contributed by atoms with Crippen LogP contribution in [0.4, 0.5) is 5.69 Å². The summed E-state index contributed by atoms with van der Waals surface area (Å²) >= 11 is 1.13. The molecule has 19 heavy (non-hydrogen) atoms. The molecule has 0 saturated heterocycles. The summed E-state index contributed by atoms with van der Waals surface area (Å²) in [6.45, 7) is 0. The second-order valence-corrected chi connectivity index (χ2v) is 4.77. The van der Waals surface area contributed by atoms with Gasteiger partial charge in [-0.3, -0.25) is 10.1 Å². The van der Waals surface area contributed by atoms with Gasteiger partial charge in [-0.15, -0.1) is 0 Å². The second kappa shape index (κ2) is 5.42. The lowest BCUT2D eigenvalue weighted by atomic mass is 10.2. The van der Waals surface area contributed by atoms with Gasteiger partial charge in [0.25, 0.3) is 5.69 Å². The second-order valence-electron chi connectivity index (χ2n) is 3.65. The molecule has 0 amide bonds. The van der Waals surface area contributed by atoms with E-state index in [1.807, 2.05) is 6.07 Å². The van der Waals surface area contributed by atoms with Crippen LogP contribution >= 0.6 is 11.8 Å². The number of aromatic hydroxyl groups is 1. The molecule has 2 rings (SSSR count). The molecule has 0 aliphatic carbocycles. The molecular formula is C13H8N2O3S. The van der Waals surface area contributed by atoms with E-state index in [1.165, 1.54) is 30.3 Å². The summed E-state index contributed by atoms with van der Waals surface area (Å²) in [6, 6.07) is 12.5. The highest BCUT2D eigenvalue weighted by Gasteiger charge is 2.15. The molecule has 0 aliphatic heterocycles. The Balaban J connectivity index is 2.43. The minimum absolute atomic E-state index is 0.0626. The Bertz CT molecular complexity index is 680. The molecule has 0 saturated carbocycles. The molecule has 1 N–H and O–H groups in total. The van der Waals surface area contributed by atoms with Gasteiger partial charge in [0, 0.05) is 11.0 Å². The maximum Gasteiger partial charge on any atom is 0.283 e. The molecule has 0 aliphatic rings. The Morgan fingerprint density at radius 2 is 2.05 bits per heavy atom. The zero-order chi connectivity index (χ0) is 13.8. The molecule has 94 valence electrons. The van der Waals surface area contributed by atoms with Crippen LogP contribution in [-0.4, -0.2) is 10.0 Å². The molecule has 0 atom stereocenters. The van der Waals surface area contributed by atoms with E-state index in [9.17, 15) is 15.2 Å². The summed E-state index contributed by atoms with van der Waals surface area (Å²) in [5.41, 5.74) is 0.292. The topological polar surface area (TPSA) is 87.2 Å². The Morgan fingerprint density at radius 3 is 2.68 bits per heavy atom. The monoisotopic (exact) mass is 272 g/mol. The van der Waals surface area contributed by atoms with E-state index in [1.54, 1.807) is 12.1 Å². The van der Waals surface area contributed by atoms with Crippen LogP contribution in [0, 0.1) is 21.4 Å². The van der Waals surface area contributed by atoms with Crippen molar-refractivity contribution in [1.29, 1.82) is 5.26 Å². The third-order valence-corrected chi connectivity index (χ3v) is 3.37. The van der Waals surface area contributed by atoms with Gasteiger partial charge in [-0.2, -0.15) is 5.26 Å². The molecule has 2 aromatic rings. The molecule has 0 spiro atoms. The summed E-state index contributed by atoms with van der Waals surface area (Å²) < 4.78 is 0. The van der Waals surface area contributed by atoms with Gasteiger partial charge in [-0.25, -0.2) is 0 Å². The number of hydrogen-bond donors (Lipinski definition) is 1. The van der Waals surface area contributed by atoms with Crippen molar-refractivity contribution in [3.63, 3.8) is 0 Å². The van der Waals surface area contributed by atoms with Crippen molar-refractivity contribution in [3.8, 4) is 11.8 Å². The number of phenols is 1. The first-order chi connectivity index (χ1) is 9.10. The molecule has 0 fully saturated rings. The SMILES string of the molecule is N#Cc1ccc([N+](=O)[O-])c(Sc2cccc(O)c2)c1. The van der Waals surface area contributed by atoms with Gasteiger partial charge in [0.2, 0.25) is 0 Å². The van der Waals surface area contributed by atoms with Gasteiger partial charge < -0.3 is 5.11 Å². The van der Waals surface area contributed by atoms with Crippen LogP contribution in [0.5, 0.6) is 5.75 Å². The lowest BCUT2D eigenvalue weighted by molar-refractivity contribution is -0.387. The normalized spacial score (nSPS) is 9.84. The molecule has 2 aromatic carbocycles. The number of nitrogens with zero attached hydrogens (tertiary/aromatic N) is 2. The third kappa shape index (κ3) is 3.03. The Morgan fingerprint density at radius 1 is 1.26 bits per heavy atom. The highest BCUT2D eigenvalue weighted by molar-refractivity contribution is 7.99. The van der Waals surface area contributed by atoms with E-state index in [4.69, 9.17) is 5.26 Å². The Kier molecular flexibility index (Phi) is 3.68. The van der Waals surface area contributed by atoms with E-state index >= 15 is 0 Å². The number of hydrogen-bond acceptors (Lipinski definition) is 5. The zero-order valence-electron chi connectivity index (χ0n) is 9.61. The lowest BCUT2D eigenvalue weighted by Crippen LogP contribution is -1.91. The Labute approximate surface area is 113 Å². The van der Waals surface area contributed by atoms with E-state index < -0.39 is 4.92 Å². The molecule has 5 nitrogen and oxygen atoms in total. The first kappa shape index (κ1) is 12.9. The van der Waals surface area contributed by atoms with Gasteiger partial charge in [-0.05, 0) is 30.3 Å². The quantitative estimate of drug-likeness (QED) is 0.684. The fourth-order valence-electron chi connectivity index (χ4n) is 1.49. The molecular weight excluding hydrogens is 264 g/mol. The molecule has 0 bridgehead atoms. The number of nitro groups is 1. The highest BCUT2D eigenvalue weighted by Crippen LogP contribution is 2.36. The first-order valence-corrected chi connectivity index (χ1v) is 6.07.